The molecular weight excluding hydrogens is 228 g/mol. The molecule has 1 aromatic heterocycles. The van der Waals surface area contributed by atoms with Crippen LogP contribution in [0.1, 0.15) is 5.56 Å². The van der Waals surface area contributed by atoms with Gasteiger partial charge in [-0.15, -0.1) is 10.2 Å². The number of nitrogens with two attached hydrogens (primary N) is 1. The van der Waals surface area contributed by atoms with E-state index >= 15 is 0 Å². The van der Waals surface area contributed by atoms with Gasteiger partial charge in [0.2, 0.25) is 0 Å². The largest absolute Gasteiger partial charge is 0.335 e. The number of hydrazone groups is 1. The number of nitrogen functional groups attached to an aromatic ring is 1. The number of aromatic nitrogens is 3. The molecule has 2 rings (SSSR count). The molecule has 0 aliphatic rings. The first kappa shape index (κ1) is 10.4. The van der Waals surface area contributed by atoms with Crippen LogP contribution >= 0.6 is 11.6 Å². The average molecular weight is 237 g/mol. The fourth-order valence-electron chi connectivity index (χ4n) is 1.04. The van der Waals surface area contributed by atoms with Crippen LogP contribution in [0.5, 0.6) is 0 Å². The van der Waals surface area contributed by atoms with Crippen molar-refractivity contribution in [3.05, 3.63) is 41.2 Å². The molecule has 0 unspecified atom stereocenters. The van der Waals surface area contributed by atoms with Crippen molar-refractivity contribution < 1.29 is 0 Å². The highest BCUT2D eigenvalue weighted by Crippen LogP contribution is 2.07. The van der Waals surface area contributed by atoms with Gasteiger partial charge in [-0.1, -0.05) is 23.7 Å². The van der Waals surface area contributed by atoms with Crippen LogP contribution in [-0.4, -0.2) is 21.1 Å². The first-order valence-corrected chi connectivity index (χ1v) is 4.83. The minimum absolute atomic E-state index is 0.366. The molecule has 7 heteroatoms. The lowest BCUT2D eigenvalue weighted by Gasteiger charge is -1.97. The Balaban J connectivity index is 2.00. The molecule has 0 aliphatic heterocycles. The Bertz CT molecular complexity index is 489. The minimum atomic E-state index is 0.366. The molecule has 0 aliphatic carbocycles. The van der Waals surface area contributed by atoms with Crippen molar-refractivity contribution in [1.29, 1.82) is 0 Å². The number of nitrogens with zero attached hydrogens (tertiary/aromatic N) is 4. The maximum absolute atomic E-state index is 5.75. The summed E-state index contributed by atoms with van der Waals surface area (Å²) in [5.74, 6) is 5.84. The molecular formula is C9H9ClN6. The fraction of sp³-hybridized carbons (Fsp3) is 0. The Kier molecular flexibility index (Phi) is 3.02. The quantitative estimate of drug-likeness (QED) is 0.475. The summed E-state index contributed by atoms with van der Waals surface area (Å²) in [5, 5.41) is 11.9. The van der Waals surface area contributed by atoms with E-state index in [9.17, 15) is 0 Å². The van der Waals surface area contributed by atoms with Gasteiger partial charge in [-0.05, 0) is 17.7 Å². The Morgan fingerprint density at radius 3 is 2.75 bits per heavy atom. The molecule has 16 heavy (non-hydrogen) atoms. The molecule has 82 valence electrons. The lowest BCUT2D eigenvalue weighted by molar-refractivity contribution is 0.988. The van der Waals surface area contributed by atoms with Crippen molar-refractivity contribution in [2.45, 2.75) is 0 Å². The summed E-state index contributed by atoms with van der Waals surface area (Å²) >= 11 is 5.75. The van der Waals surface area contributed by atoms with Crippen LogP contribution in [0.25, 0.3) is 0 Å². The van der Waals surface area contributed by atoms with Crippen molar-refractivity contribution >= 4 is 23.8 Å². The van der Waals surface area contributed by atoms with E-state index in [0.717, 1.165) is 5.56 Å². The third kappa shape index (κ3) is 2.48. The molecule has 3 N–H and O–H groups in total. The summed E-state index contributed by atoms with van der Waals surface area (Å²) in [5.41, 5.74) is 3.57. The summed E-state index contributed by atoms with van der Waals surface area (Å²) in [4.78, 5) is 0. The van der Waals surface area contributed by atoms with E-state index in [0.29, 0.717) is 11.0 Å². The number of halogens is 1. The molecule has 0 atom stereocenters. The zero-order chi connectivity index (χ0) is 11.4. The van der Waals surface area contributed by atoms with E-state index in [1.54, 1.807) is 18.3 Å². The lowest BCUT2D eigenvalue weighted by Crippen LogP contribution is -2.10. The highest BCUT2D eigenvalue weighted by atomic mass is 35.5. The Labute approximate surface area is 96.7 Å². The molecule has 0 saturated heterocycles. The second-order valence-corrected chi connectivity index (χ2v) is 3.42. The number of hydrogen-bond acceptors (Lipinski definition) is 5. The smallest absolute Gasteiger partial charge is 0.263 e. The third-order valence-corrected chi connectivity index (χ3v) is 2.07. The molecule has 0 spiro atoms. The molecule has 1 aromatic carbocycles. The van der Waals surface area contributed by atoms with Crippen molar-refractivity contribution in [1.82, 2.24) is 14.9 Å². The highest BCUT2D eigenvalue weighted by molar-refractivity contribution is 6.30. The van der Waals surface area contributed by atoms with E-state index < -0.39 is 0 Å². The monoisotopic (exact) mass is 236 g/mol. The second-order valence-electron chi connectivity index (χ2n) is 2.98. The van der Waals surface area contributed by atoms with Gasteiger partial charge < -0.3 is 5.84 Å². The molecule has 6 nitrogen and oxygen atoms in total. The average Bonchev–Trinajstić information content (AvgIpc) is 2.68. The molecule has 0 fully saturated rings. The van der Waals surface area contributed by atoms with Crippen molar-refractivity contribution in [3.63, 3.8) is 0 Å². The first-order valence-electron chi connectivity index (χ1n) is 4.45. The van der Waals surface area contributed by atoms with Gasteiger partial charge in [0, 0.05) is 5.02 Å². The van der Waals surface area contributed by atoms with Crippen LogP contribution in [0, 0.1) is 0 Å². The van der Waals surface area contributed by atoms with Crippen LogP contribution in [0.4, 0.5) is 5.95 Å². The normalized spacial score (nSPS) is 10.8. The third-order valence-electron chi connectivity index (χ3n) is 1.82. The Morgan fingerprint density at radius 1 is 1.38 bits per heavy atom. The topological polar surface area (TPSA) is 81.1 Å². The van der Waals surface area contributed by atoms with Crippen LogP contribution < -0.4 is 11.3 Å². The first-order chi connectivity index (χ1) is 7.75. The van der Waals surface area contributed by atoms with Crippen LogP contribution in [0.15, 0.2) is 35.7 Å². The predicted molar refractivity (Wildman–Crippen MR) is 62.8 cm³/mol. The Hall–Kier alpha value is -2.08. The van der Waals surface area contributed by atoms with Gasteiger partial charge in [-0.3, -0.25) is 0 Å². The lowest BCUT2D eigenvalue weighted by atomic mass is 10.2. The van der Waals surface area contributed by atoms with Gasteiger partial charge in [-0.25, -0.2) is 10.1 Å². The molecule has 0 amide bonds. The summed E-state index contributed by atoms with van der Waals surface area (Å²) < 4.78 is 1.24. The summed E-state index contributed by atoms with van der Waals surface area (Å²) in [7, 11) is 0. The zero-order valence-electron chi connectivity index (χ0n) is 8.21. The van der Waals surface area contributed by atoms with Crippen LogP contribution in [-0.2, 0) is 0 Å². The van der Waals surface area contributed by atoms with E-state index in [4.69, 9.17) is 17.4 Å². The van der Waals surface area contributed by atoms with Crippen molar-refractivity contribution in [3.8, 4) is 0 Å². The van der Waals surface area contributed by atoms with Gasteiger partial charge in [0.15, 0.2) is 0 Å². The molecule has 0 bridgehead atoms. The number of benzene rings is 1. The van der Waals surface area contributed by atoms with E-state index in [1.165, 1.54) is 11.0 Å². The molecule has 0 radical (unpaired) electrons. The maximum atomic E-state index is 5.75. The van der Waals surface area contributed by atoms with Gasteiger partial charge in [0.05, 0.1) is 6.21 Å². The van der Waals surface area contributed by atoms with Gasteiger partial charge >= 0.3 is 0 Å². The standard InChI is InChI=1S/C9H9ClN6/c10-8-3-1-7(2-4-8)5-12-14-9-15-13-6-16(9)11/h1-6H,11H2,(H,14,15)/b12-5-. The van der Waals surface area contributed by atoms with Crippen molar-refractivity contribution in [2.75, 3.05) is 11.3 Å². The van der Waals surface area contributed by atoms with Gasteiger partial charge in [0.1, 0.15) is 6.33 Å². The summed E-state index contributed by atoms with van der Waals surface area (Å²) in [6, 6.07) is 7.27. The van der Waals surface area contributed by atoms with E-state index in [2.05, 4.69) is 20.7 Å². The zero-order valence-corrected chi connectivity index (χ0v) is 8.96. The minimum Gasteiger partial charge on any atom is -0.335 e. The van der Waals surface area contributed by atoms with Crippen molar-refractivity contribution in [2.24, 2.45) is 5.10 Å². The second kappa shape index (κ2) is 4.63. The summed E-state index contributed by atoms with van der Waals surface area (Å²) in [6.07, 6.45) is 3.01. The van der Waals surface area contributed by atoms with Crippen LogP contribution in [0.2, 0.25) is 5.02 Å². The highest BCUT2D eigenvalue weighted by Gasteiger charge is 1.96. The van der Waals surface area contributed by atoms with Crippen LogP contribution in [0.3, 0.4) is 0 Å². The maximum Gasteiger partial charge on any atom is 0.263 e. The van der Waals surface area contributed by atoms with Gasteiger partial charge in [0.25, 0.3) is 5.95 Å². The molecule has 0 saturated carbocycles. The Morgan fingerprint density at radius 2 is 2.12 bits per heavy atom. The summed E-state index contributed by atoms with van der Waals surface area (Å²) in [6.45, 7) is 0. The van der Waals surface area contributed by atoms with Gasteiger partial charge in [-0.2, -0.15) is 5.10 Å². The molecule has 2 aromatic rings. The SMILES string of the molecule is Nn1cnnc1N/N=C\c1ccc(Cl)cc1. The number of nitrogens with one attached hydrogen (secondary N) is 1. The molecule has 1 heterocycles. The van der Waals surface area contributed by atoms with E-state index in [1.807, 2.05) is 12.1 Å². The number of rotatable bonds is 3. The number of hydrogen-bond donors (Lipinski definition) is 2. The number of anilines is 1. The fourth-order valence-corrected chi connectivity index (χ4v) is 1.16. The van der Waals surface area contributed by atoms with E-state index in [-0.39, 0.29) is 0 Å². The predicted octanol–water partition coefficient (Wildman–Crippen LogP) is 1.09.